The largest absolute Gasteiger partial charge is 0.390 e. The molecule has 0 saturated carbocycles. The summed E-state index contributed by atoms with van der Waals surface area (Å²) in [5.74, 6) is 0. The molecule has 0 spiro atoms. The normalized spacial score (nSPS) is 26.0. The highest BCUT2D eigenvalue weighted by Gasteiger charge is 2.35. The first-order chi connectivity index (χ1) is 10.00. The maximum atomic E-state index is 12.7. The third-order valence-corrected chi connectivity index (χ3v) is 6.49. The molecule has 1 fully saturated rings. The molecule has 3 rings (SSSR count). The molecule has 116 valence electrons. The van der Waals surface area contributed by atoms with Gasteiger partial charge in [0.1, 0.15) is 0 Å². The summed E-state index contributed by atoms with van der Waals surface area (Å²) in [4.78, 5) is 0.338. The Kier molecular flexibility index (Phi) is 4.05. The Hall–Kier alpha value is -0.950. The minimum absolute atomic E-state index is 0.338. The van der Waals surface area contributed by atoms with Crippen molar-refractivity contribution in [2.45, 2.75) is 42.7 Å². The van der Waals surface area contributed by atoms with Gasteiger partial charge in [-0.25, -0.2) is 8.42 Å². The van der Waals surface area contributed by atoms with Crippen molar-refractivity contribution >= 4 is 10.0 Å². The molecule has 1 aliphatic heterocycles. The second kappa shape index (κ2) is 5.68. The summed E-state index contributed by atoms with van der Waals surface area (Å²) >= 11 is 0. The van der Waals surface area contributed by atoms with Gasteiger partial charge in [0.05, 0.1) is 17.0 Å². The Balaban J connectivity index is 1.90. The number of fused-ring (bicyclic) bond motifs is 1. The number of benzene rings is 1. The van der Waals surface area contributed by atoms with Crippen molar-refractivity contribution in [2.75, 3.05) is 20.1 Å². The zero-order chi connectivity index (χ0) is 15.0. The fourth-order valence-corrected chi connectivity index (χ4v) is 4.67. The number of aryl methyl sites for hydroxylation is 2. The van der Waals surface area contributed by atoms with E-state index in [1.807, 2.05) is 12.1 Å². The Morgan fingerprint density at radius 3 is 2.57 bits per heavy atom. The van der Waals surface area contributed by atoms with Gasteiger partial charge < -0.3 is 10.4 Å². The Morgan fingerprint density at radius 1 is 1.19 bits per heavy atom. The smallest absolute Gasteiger partial charge is 0.243 e. The molecule has 0 radical (unpaired) electrons. The molecule has 1 saturated heterocycles. The molecule has 2 aliphatic rings. The highest BCUT2D eigenvalue weighted by atomic mass is 32.2. The SMILES string of the molecule is CN([C@H]1CNC[C@@H]1O)S(=O)(=O)c1ccc2c(c1)CCCC2. The second-order valence-electron chi connectivity index (χ2n) is 5.95. The summed E-state index contributed by atoms with van der Waals surface area (Å²) in [6.45, 7) is 0.927. The van der Waals surface area contributed by atoms with E-state index in [0.29, 0.717) is 18.0 Å². The number of nitrogens with zero attached hydrogens (tertiary/aromatic N) is 1. The van der Waals surface area contributed by atoms with Crippen molar-refractivity contribution < 1.29 is 13.5 Å². The third-order valence-electron chi connectivity index (χ3n) is 4.62. The van der Waals surface area contributed by atoms with E-state index >= 15 is 0 Å². The van der Waals surface area contributed by atoms with Crippen LogP contribution in [0.4, 0.5) is 0 Å². The minimum Gasteiger partial charge on any atom is -0.390 e. The van der Waals surface area contributed by atoms with Crippen LogP contribution in [0, 0.1) is 0 Å². The summed E-state index contributed by atoms with van der Waals surface area (Å²) < 4.78 is 26.8. The van der Waals surface area contributed by atoms with E-state index in [9.17, 15) is 13.5 Å². The molecule has 0 unspecified atom stereocenters. The number of β-amino-alcohol motifs (C(OH)–C–C–N with tert-alkyl or cyclic N) is 1. The number of rotatable bonds is 3. The molecule has 1 aromatic rings. The van der Waals surface area contributed by atoms with Gasteiger partial charge in [0.2, 0.25) is 10.0 Å². The van der Waals surface area contributed by atoms with Crippen molar-refractivity contribution in [3.05, 3.63) is 29.3 Å². The van der Waals surface area contributed by atoms with Gasteiger partial charge in [-0.05, 0) is 48.9 Å². The van der Waals surface area contributed by atoms with Crippen molar-refractivity contribution in [1.82, 2.24) is 9.62 Å². The molecule has 5 nitrogen and oxygen atoms in total. The lowest BCUT2D eigenvalue weighted by molar-refractivity contribution is 0.136. The molecule has 6 heteroatoms. The van der Waals surface area contributed by atoms with Crippen molar-refractivity contribution in [3.63, 3.8) is 0 Å². The van der Waals surface area contributed by atoms with Crippen LogP contribution >= 0.6 is 0 Å². The molecular weight excluding hydrogens is 288 g/mol. The average Bonchev–Trinajstić information content (AvgIpc) is 2.92. The number of aliphatic hydroxyl groups excluding tert-OH is 1. The lowest BCUT2D eigenvalue weighted by Crippen LogP contribution is -2.44. The quantitative estimate of drug-likeness (QED) is 0.854. The van der Waals surface area contributed by atoms with Gasteiger partial charge in [-0.3, -0.25) is 0 Å². The topological polar surface area (TPSA) is 69.6 Å². The minimum atomic E-state index is -3.56. The van der Waals surface area contributed by atoms with Crippen LogP contribution in [0.15, 0.2) is 23.1 Å². The van der Waals surface area contributed by atoms with E-state index in [-0.39, 0.29) is 0 Å². The van der Waals surface area contributed by atoms with Gasteiger partial charge in [0.25, 0.3) is 0 Å². The van der Waals surface area contributed by atoms with Crippen LogP contribution in [0.5, 0.6) is 0 Å². The molecular formula is C15H22N2O3S. The molecule has 0 amide bonds. The number of likely N-dealkylation sites (N-methyl/N-ethyl adjacent to an activating group) is 1. The molecule has 2 atom stereocenters. The monoisotopic (exact) mass is 310 g/mol. The van der Waals surface area contributed by atoms with Crippen molar-refractivity contribution in [2.24, 2.45) is 0 Å². The first-order valence-corrected chi connectivity index (χ1v) is 8.93. The summed E-state index contributed by atoms with van der Waals surface area (Å²) in [6.07, 6.45) is 3.64. The molecule has 21 heavy (non-hydrogen) atoms. The summed E-state index contributed by atoms with van der Waals surface area (Å²) in [5.41, 5.74) is 2.42. The molecule has 1 aliphatic carbocycles. The van der Waals surface area contributed by atoms with Crippen LogP contribution in [-0.4, -0.2) is 50.1 Å². The highest BCUT2D eigenvalue weighted by Crippen LogP contribution is 2.26. The Bertz CT molecular complexity index is 630. The molecule has 0 bridgehead atoms. The van der Waals surface area contributed by atoms with Crippen LogP contribution < -0.4 is 5.32 Å². The number of hydrogen-bond donors (Lipinski definition) is 2. The number of hydrogen-bond acceptors (Lipinski definition) is 4. The van der Waals surface area contributed by atoms with E-state index in [1.165, 1.54) is 16.3 Å². The van der Waals surface area contributed by atoms with Crippen LogP contribution in [0.1, 0.15) is 24.0 Å². The van der Waals surface area contributed by atoms with Crippen LogP contribution in [-0.2, 0) is 22.9 Å². The van der Waals surface area contributed by atoms with E-state index in [1.54, 1.807) is 13.1 Å². The first kappa shape index (κ1) is 15.0. The molecule has 0 aromatic heterocycles. The van der Waals surface area contributed by atoms with E-state index in [2.05, 4.69) is 5.32 Å². The van der Waals surface area contributed by atoms with Gasteiger partial charge in [0.15, 0.2) is 0 Å². The van der Waals surface area contributed by atoms with Crippen molar-refractivity contribution in [3.8, 4) is 0 Å². The number of nitrogens with one attached hydrogen (secondary N) is 1. The zero-order valence-electron chi connectivity index (χ0n) is 12.2. The Morgan fingerprint density at radius 2 is 1.90 bits per heavy atom. The predicted octanol–water partition coefficient (Wildman–Crippen LogP) is 0.519. The van der Waals surface area contributed by atoms with Gasteiger partial charge in [-0.15, -0.1) is 0 Å². The summed E-state index contributed by atoms with van der Waals surface area (Å²) in [7, 11) is -2.00. The first-order valence-electron chi connectivity index (χ1n) is 7.49. The van der Waals surface area contributed by atoms with Gasteiger partial charge in [-0.1, -0.05) is 6.07 Å². The Labute approximate surface area is 126 Å². The standard InChI is InChI=1S/C15H22N2O3S/c1-17(14-9-16-10-15(14)18)21(19,20)13-7-6-11-4-2-3-5-12(11)8-13/h6-8,14-16,18H,2-5,9-10H2,1H3/t14-,15-/m0/s1. The lowest BCUT2D eigenvalue weighted by Gasteiger charge is -2.26. The van der Waals surface area contributed by atoms with Crippen LogP contribution in [0.2, 0.25) is 0 Å². The zero-order valence-corrected chi connectivity index (χ0v) is 13.1. The summed E-state index contributed by atoms with van der Waals surface area (Å²) in [6, 6.07) is 5.06. The maximum Gasteiger partial charge on any atom is 0.243 e. The average molecular weight is 310 g/mol. The molecule has 1 aromatic carbocycles. The lowest BCUT2D eigenvalue weighted by atomic mass is 9.92. The molecule has 2 N–H and O–H groups in total. The van der Waals surface area contributed by atoms with Crippen LogP contribution in [0.25, 0.3) is 0 Å². The van der Waals surface area contributed by atoms with E-state index in [0.717, 1.165) is 24.8 Å². The third kappa shape index (κ3) is 2.73. The highest BCUT2D eigenvalue weighted by molar-refractivity contribution is 7.89. The van der Waals surface area contributed by atoms with E-state index < -0.39 is 22.2 Å². The fourth-order valence-electron chi connectivity index (χ4n) is 3.24. The maximum absolute atomic E-state index is 12.7. The van der Waals surface area contributed by atoms with Gasteiger partial charge in [-0.2, -0.15) is 4.31 Å². The van der Waals surface area contributed by atoms with Gasteiger partial charge in [0, 0.05) is 20.1 Å². The molecule has 1 heterocycles. The van der Waals surface area contributed by atoms with Crippen molar-refractivity contribution in [1.29, 1.82) is 0 Å². The van der Waals surface area contributed by atoms with E-state index in [4.69, 9.17) is 0 Å². The second-order valence-corrected chi connectivity index (χ2v) is 7.95. The van der Waals surface area contributed by atoms with Crippen LogP contribution in [0.3, 0.4) is 0 Å². The number of sulfonamides is 1. The summed E-state index contributed by atoms with van der Waals surface area (Å²) in [5, 5.41) is 12.9. The predicted molar refractivity (Wildman–Crippen MR) is 80.7 cm³/mol. The van der Waals surface area contributed by atoms with Gasteiger partial charge >= 0.3 is 0 Å². The number of aliphatic hydroxyl groups is 1. The fraction of sp³-hybridized carbons (Fsp3) is 0.600.